The Labute approximate surface area is 174 Å². The van der Waals surface area contributed by atoms with E-state index in [0.717, 1.165) is 22.4 Å². The van der Waals surface area contributed by atoms with Crippen molar-refractivity contribution in [3.05, 3.63) is 108 Å². The molecule has 1 atom stereocenters. The minimum absolute atomic E-state index is 0.124. The monoisotopic (exact) mass is 396 g/mol. The Hall–Kier alpha value is -3.86. The molecule has 5 rings (SSSR count). The van der Waals surface area contributed by atoms with Gasteiger partial charge in [-0.2, -0.15) is 0 Å². The van der Waals surface area contributed by atoms with Crippen LogP contribution in [0.15, 0.2) is 89.3 Å². The van der Waals surface area contributed by atoms with Gasteiger partial charge in [0.2, 0.25) is 5.89 Å². The molecule has 5 nitrogen and oxygen atoms in total. The van der Waals surface area contributed by atoms with Crippen molar-refractivity contribution in [2.24, 2.45) is 0 Å². The van der Waals surface area contributed by atoms with Crippen molar-refractivity contribution in [1.29, 1.82) is 0 Å². The molecule has 0 saturated heterocycles. The van der Waals surface area contributed by atoms with Gasteiger partial charge >= 0.3 is 0 Å². The van der Waals surface area contributed by atoms with Crippen LogP contribution in [0, 0.1) is 0 Å². The molecule has 1 aliphatic heterocycles. The van der Waals surface area contributed by atoms with Gasteiger partial charge in [0.15, 0.2) is 11.5 Å². The van der Waals surface area contributed by atoms with E-state index in [2.05, 4.69) is 4.98 Å². The van der Waals surface area contributed by atoms with Crippen LogP contribution >= 0.6 is 0 Å². The number of rotatable bonds is 5. The standard InChI is InChI=1S/C25H20N2O3/c1-29-20-14-12-17(13-15-20)16-27-22(18-8-4-2-5-9-18)23-21(25(27)28)26-24(30-23)19-10-6-3-7-11-19/h2-15,22H,16H2,1H3. The fourth-order valence-electron chi connectivity index (χ4n) is 3.83. The molecule has 30 heavy (non-hydrogen) atoms. The van der Waals surface area contributed by atoms with Gasteiger partial charge in [0.25, 0.3) is 5.91 Å². The van der Waals surface area contributed by atoms with Crippen molar-refractivity contribution >= 4 is 5.91 Å². The third-order valence-corrected chi connectivity index (χ3v) is 5.32. The minimum atomic E-state index is -0.319. The maximum atomic E-state index is 13.3. The van der Waals surface area contributed by atoms with E-state index < -0.39 is 0 Å². The quantitative estimate of drug-likeness (QED) is 0.471. The summed E-state index contributed by atoms with van der Waals surface area (Å²) in [6.45, 7) is 0.453. The Morgan fingerprint density at radius 1 is 0.933 bits per heavy atom. The number of amides is 1. The van der Waals surface area contributed by atoms with E-state index in [1.54, 1.807) is 7.11 Å². The highest BCUT2D eigenvalue weighted by Gasteiger charge is 2.43. The van der Waals surface area contributed by atoms with Gasteiger partial charge in [-0.1, -0.05) is 60.7 Å². The molecule has 1 unspecified atom stereocenters. The molecule has 1 amide bonds. The Kier molecular flexibility index (Phi) is 4.56. The lowest BCUT2D eigenvalue weighted by molar-refractivity contribution is 0.0723. The number of oxazole rings is 1. The van der Waals surface area contributed by atoms with E-state index in [4.69, 9.17) is 9.15 Å². The molecule has 1 aliphatic rings. The molecule has 0 aliphatic carbocycles. The largest absolute Gasteiger partial charge is 0.497 e. The molecule has 3 aromatic carbocycles. The summed E-state index contributed by atoms with van der Waals surface area (Å²) in [5, 5.41) is 0. The van der Waals surface area contributed by atoms with Crippen molar-refractivity contribution in [3.8, 4) is 17.2 Å². The van der Waals surface area contributed by atoms with Crippen LogP contribution in [0.25, 0.3) is 11.5 Å². The summed E-state index contributed by atoms with van der Waals surface area (Å²) in [6.07, 6.45) is 0. The van der Waals surface area contributed by atoms with Crippen LogP contribution in [-0.4, -0.2) is 22.9 Å². The van der Waals surface area contributed by atoms with Gasteiger partial charge in [-0.15, -0.1) is 0 Å². The van der Waals surface area contributed by atoms with Gasteiger partial charge in [0, 0.05) is 12.1 Å². The SMILES string of the molecule is COc1ccc(CN2C(=O)c3nc(-c4ccccc4)oc3C2c2ccccc2)cc1. The summed E-state index contributed by atoms with van der Waals surface area (Å²) in [4.78, 5) is 19.7. The summed E-state index contributed by atoms with van der Waals surface area (Å²) >= 11 is 0. The zero-order chi connectivity index (χ0) is 20.5. The summed E-state index contributed by atoms with van der Waals surface area (Å²) in [5.41, 5.74) is 3.25. The normalized spacial score (nSPS) is 15.3. The third kappa shape index (κ3) is 3.14. The summed E-state index contributed by atoms with van der Waals surface area (Å²) in [7, 11) is 1.64. The molecule has 148 valence electrons. The first-order valence-electron chi connectivity index (χ1n) is 9.79. The average molecular weight is 396 g/mol. The van der Waals surface area contributed by atoms with Crippen LogP contribution in [0.2, 0.25) is 0 Å². The Morgan fingerprint density at radius 2 is 1.60 bits per heavy atom. The molecule has 0 bridgehead atoms. The molecule has 2 heterocycles. The lowest BCUT2D eigenvalue weighted by atomic mass is 10.0. The zero-order valence-electron chi connectivity index (χ0n) is 16.5. The van der Waals surface area contributed by atoms with Crippen molar-refractivity contribution in [2.45, 2.75) is 12.6 Å². The molecule has 4 aromatic rings. The number of methoxy groups -OCH3 is 1. The van der Waals surface area contributed by atoms with Crippen LogP contribution in [-0.2, 0) is 6.54 Å². The number of hydrogen-bond acceptors (Lipinski definition) is 4. The van der Waals surface area contributed by atoms with E-state index >= 15 is 0 Å². The van der Waals surface area contributed by atoms with Crippen molar-refractivity contribution in [2.75, 3.05) is 7.11 Å². The highest BCUT2D eigenvalue weighted by molar-refractivity contribution is 5.97. The smallest absolute Gasteiger partial charge is 0.277 e. The first-order valence-corrected chi connectivity index (χ1v) is 9.79. The number of nitrogens with zero attached hydrogens (tertiary/aromatic N) is 2. The van der Waals surface area contributed by atoms with Crippen molar-refractivity contribution in [3.63, 3.8) is 0 Å². The maximum Gasteiger partial charge on any atom is 0.277 e. The van der Waals surface area contributed by atoms with Crippen molar-refractivity contribution < 1.29 is 13.9 Å². The van der Waals surface area contributed by atoms with E-state index in [9.17, 15) is 4.79 Å². The lowest BCUT2D eigenvalue weighted by Gasteiger charge is -2.25. The lowest BCUT2D eigenvalue weighted by Crippen LogP contribution is -2.28. The second kappa shape index (κ2) is 7.52. The zero-order valence-corrected chi connectivity index (χ0v) is 16.5. The molecule has 0 N–H and O–H groups in total. The second-order valence-corrected chi connectivity index (χ2v) is 7.19. The molecule has 0 saturated carbocycles. The highest BCUT2D eigenvalue weighted by Crippen LogP contribution is 2.41. The molecule has 0 radical (unpaired) electrons. The molecule has 0 fully saturated rings. The fraction of sp³-hybridized carbons (Fsp3) is 0.120. The Bertz CT molecular complexity index is 1170. The topological polar surface area (TPSA) is 55.6 Å². The number of carbonyl (C=O) groups is 1. The van der Waals surface area contributed by atoms with Gasteiger partial charge in [-0.05, 0) is 35.4 Å². The third-order valence-electron chi connectivity index (χ3n) is 5.32. The van der Waals surface area contributed by atoms with Gasteiger partial charge in [0.1, 0.15) is 11.8 Å². The number of benzene rings is 3. The predicted octanol–water partition coefficient (Wildman–Crippen LogP) is 5.10. The van der Waals surface area contributed by atoms with Crippen LogP contribution in [0.3, 0.4) is 0 Å². The number of ether oxygens (including phenoxy) is 1. The van der Waals surface area contributed by atoms with E-state index in [1.165, 1.54) is 0 Å². The predicted molar refractivity (Wildman–Crippen MR) is 113 cm³/mol. The van der Waals surface area contributed by atoms with Gasteiger partial charge in [0.05, 0.1) is 7.11 Å². The molecule has 5 heteroatoms. The summed E-state index contributed by atoms with van der Waals surface area (Å²) in [5.74, 6) is 1.73. The molecule has 0 spiro atoms. The minimum Gasteiger partial charge on any atom is -0.497 e. The van der Waals surface area contributed by atoms with Gasteiger partial charge in [-0.25, -0.2) is 4.98 Å². The van der Waals surface area contributed by atoms with E-state index in [-0.39, 0.29) is 11.9 Å². The number of carbonyl (C=O) groups excluding carboxylic acids is 1. The number of aromatic nitrogens is 1. The molecule has 1 aromatic heterocycles. The van der Waals surface area contributed by atoms with E-state index in [1.807, 2.05) is 89.8 Å². The van der Waals surface area contributed by atoms with Gasteiger partial charge < -0.3 is 14.1 Å². The van der Waals surface area contributed by atoms with Crippen LogP contribution < -0.4 is 4.74 Å². The Morgan fingerprint density at radius 3 is 2.27 bits per heavy atom. The van der Waals surface area contributed by atoms with E-state index in [0.29, 0.717) is 23.9 Å². The number of hydrogen-bond donors (Lipinski definition) is 0. The second-order valence-electron chi connectivity index (χ2n) is 7.19. The summed E-state index contributed by atoms with van der Waals surface area (Å²) < 4.78 is 11.4. The highest BCUT2D eigenvalue weighted by atomic mass is 16.5. The first-order chi connectivity index (χ1) is 14.7. The fourth-order valence-corrected chi connectivity index (χ4v) is 3.83. The van der Waals surface area contributed by atoms with Crippen LogP contribution in [0.5, 0.6) is 5.75 Å². The van der Waals surface area contributed by atoms with Gasteiger partial charge in [-0.3, -0.25) is 4.79 Å². The van der Waals surface area contributed by atoms with Crippen LogP contribution in [0.1, 0.15) is 33.4 Å². The summed E-state index contributed by atoms with van der Waals surface area (Å²) in [6, 6.07) is 27.0. The maximum absolute atomic E-state index is 13.3. The molecular weight excluding hydrogens is 376 g/mol. The number of fused-ring (bicyclic) bond motifs is 1. The average Bonchev–Trinajstić information content (AvgIpc) is 3.34. The first kappa shape index (κ1) is 18.2. The molecular formula is C25H20N2O3. The van der Waals surface area contributed by atoms with Crippen molar-refractivity contribution in [1.82, 2.24) is 9.88 Å². The Balaban J connectivity index is 1.55. The van der Waals surface area contributed by atoms with Crippen LogP contribution in [0.4, 0.5) is 0 Å².